The van der Waals surface area contributed by atoms with Gasteiger partial charge in [-0.2, -0.15) is 0 Å². The fourth-order valence-electron chi connectivity index (χ4n) is 5.84. The summed E-state index contributed by atoms with van der Waals surface area (Å²) in [5, 5.41) is 0. The molecular formula is C35H38BNO2. The first-order chi connectivity index (χ1) is 18.4. The van der Waals surface area contributed by atoms with Gasteiger partial charge in [0.15, 0.2) is 0 Å². The first kappa shape index (κ1) is 25.9. The number of rotatable bonds is 4. The van der Waals surface area contributed by atoms with Crippen molar-refractivity contribution >= 4 is 29.6 Å². The van der Waals surface area contributed by atoms with Crippen LogP contribution in [-0.4, -0.2) is 18.3 Å². The molecule has 1 fully saturated rings. The molecule has 6 rings (SSSR count). The van der Waals surface area contributed by atoms with E-state index in [1.807, 2.05) is 0 Å². The third kappa shape index (κ3) is 4.22. The van der Waals surface area contributed by atoms with Crippen LogP contribution >= 0.6 is 0 Å². The molecule has 39 heavy (non-hydrogen) atoms. The molecule has 4 aromatic carbocycles. The van der Waals surface area contributed by atoms with Crippen molar-refractivity contribution < 1.29 is 9.31 Å². The first-order valence-corrected chi connectivity index (χ1v) is 14.0. The van der Waals surface area contributed by atoms with Crippen LogP contribution in [0.1, 0.15) is 63.8 Å². The third-order valence-corrected chi connectivity index (χ3v) is 9.05. The van der Waals surface area contributed by atoms with E-state index in [2.05, 4.69) is 145 Å². The summed E-state index contributed by atoms with van der Waals surface area (Å²) in [5.41, 5.74) is 11.4. The molecule has 198 valence electrons. The number of fused-ring (bicyclic) bond motifs is 3. The van der Waals surface area contributed by atoms with E-state index in [1.54, 1.807) is 0 Å². The van der Waals surface area contributed by atoms with Crippen molar-refractivity contribution in [1.29, 1.82) is 0 Å². The Labute approximate surface area is 233 Å². The van der Waals surface area contributed by atoms with Crippen LogP contribution in [-0.2, 0) is 14.7 Å². The fraction of sp³-hybridized carbons (Fsp3) is 0.314. The lowest BCUT2D eigenvalue weighted by Crippen LogP contribution is -2.41. The van der Waals surface area contributed by atoms with Gasteiger partial charge in [0, 0.05) is 22.5 Å². The Morgan fingerprint density at radius 2 is 0.974 bits per heavy atom. The van der Waals surface area contributed by atoms with Crippen LogP contribution in [0.15, 0.2) is 84.9 Å². The minimum absolute atomic E-state index is 0.160. The summed E-state index contributed by atoms with van der Waals surface area (Å²) in [6, 6.07) is 31.2. The maximum atomic E-state index is 6.39. The van der Waals surface area contributed by atoms with Gasteiger partial charge in [-0.3, -0.25) is 0 Å². The zero-order valence-electron chi connectivity index (χ0n) is 24.4. The fourth-order valence-corrected chi connectivity index (χ4v) is 5.84. The predicted molar refractivity (Wildman–Crippen MR) is 164 cm³/mol. The van der Waals surface area contributed by atoms with Gasteiger partial charge in [0.1, 0.15) is 0 Å². The molecule has 0 bridgehead atoms. The zero-order valence-corrected chi connectivity index (χ0v) is 24.4. The maximum Gasteiger partial charge on any atom is 0.494 e. The van der Waals surface area contributed by atoms with Crippen molar-refractivity contribution in [2.75, 3.05) is 4.90 Å². The lowest BCUT2D eigenvalue weighted by atomic mass is 9.74. The van der Waals surface area contributed by atoms with Gasteiger partial charge in [0.25, 0.3) is 0 Å². The van der Waals surface area contributed by atoms with Gasteiger partial charge in [-0.15, -0.1) is 0 Å². The van der Waals surface area contributed by atoms with Crippen molar-refractivity contribution in [2.45, 2.75) is 72.0 Å². The summed E-state index contributed by atoms with van der Waals surface area (Å²) in [5.74, 6) is 0. The standard InChI is InChI=1S/C35H38BNO2/c1-23-9-14-26(15-10-23)37(27-16-11-24(2)12-17-27)28-18-20-30-29-19-13-25(21-31(29)33(3,4)32(30)22-28)36-38-34(5,6)35(7,8)39-36/h9-22H,1-8H3. The van der Waals surface area contributed by atoms with Crippen molar-refractivity contribution in [1.82, 2.24) is 0 Å². The van der Waals surface area contributed by atoms with Crippen LogP contribution in [0.2, 0.25) is 0 Å². The predicted octanol–water partition coefficient (Wildman–Crippen LogP) is 8.38. The summed E-state index contributed by atoms with van der Waals surface area (Å²) in [6.45, 7) is 17.4. The molecule has 0 radical (unpaired) electrons. The van der Waals surface area contributed by atoms with Gasteiger partial charge >= 0.3 is 7.12 Å². The molecule has 0 unspecified atom stereocenters. The smallest absolute Gasteiger partial charge is 0.399 e. The maximum absolute atomic E-state index is 6.39. The topological polar surface area (TPSA) is 21.7 Å². The van der Waals surface area contributed by atoms with Gasteiger partial charge in [-0.05, 0) is 106 Å². The number of anilines is 3. The number of nitrogens with zero attached hydrogens (tertiary/aromatic N) is 1. The van der Waals surface area contributed by atoms with Crippen LogP contribution in [0.5, 0.6) is 0 Å². The van der Waals surface area contributed by atoms with Gasteiger partial charge < -0.3 is 14.2 Å². The van der Waals surface area contributed by atoms with Crippen molar-refractivity contribution in [3.63, 3.8) is 0 Å². The second-order valence-corrected chi connectivity index (χ2v) is 12.8. The average molecular weight is 516 g/mol. The molecule has 0 N–H and O–H groups in total. The van der Waals surface area contributed by atoms with Crippen molar-refractivity contribution in [3.05, 3.63) is 107 Å². The van der Waals surface area contributed by atoms with Gasteiger partial charge in [0.05, 0.1) is 11.2 Å². The molecule has 0 amide bonds. The van der Waals surface area contributed by atoms with Crippen LogP contribution in [0.4, 0.5) is 17.1 Å². The Kier molecular flexibility index (Phi) is 5.87. The lowest BCUT2D eigenvalue weighted by molar-refractivity contribution is 0.00578. The van der Waals surface area contributed by atoms with E-state index in [0.29, 0.717) is 0 Å². The summed E-state index contributed by atoms with van der Waals surface area (Å²) < 4.78 is 12.8. The highest BCUT2D eigenvalue weighted by Crippen LogP contribution is 2.50. The quantitative estimate of drug-likeness (QED) is 0.255. The first-order valence-electron chi connectivity index (χ1n) is 14.0. The van der Waals surface area contributed by atoms with E-state index in [4.69, 9.17) is 9.31 Å². The molecule has 0 spiro atoms. The number of aryl methyl sites for hydroxylation is 2. The highest BCUT2D eigenvalue weighted by atomic mass is 16.7. The summed E-state index contributed by atoms with van der Waals surface area (Å²) in [6.07, 6.45) is 0. The monoisotopic (exact) mass is 515 g/mol. The van der Waals surface area contributed by atoms with Crippen molar-refractivity contribution in [2.24, 2.45) is 0 Å². The van der Waals surface area contributed by atoms with Gasteiger partial charge in [-0.25, -0.2) is 0 Å². The van der Waals surface area contributed by atoms with Crippen LogP contribution in [0.3, 0.4) is 0 Å². The molecule has 2 aliphatic rings. The molecule has 4 aromatic rings. The van der Waals surface area contributed by atoms with E-state index < -0.39 is 0 Å². The van der Waals surface area contributed by atoms with Gasteiger partial charge in [-0.1, -0.05) is 73.5 Å². The average Bonchev–Trinajstić information content (AvgIpc) is 3.25. The SMILES string of the molecule is Cc1ccc(N(c2ccc(C)cc2)c2ccc3c(c2)C(C)(C)c2cc(B4OC(C)(C)C(C)(C)O4)ccc2-3)cc1. The molecule has 1 aliphatic carbocycles. The number of benzene rings is 4. The molecule has 0 saturated carbocycles. The van der Waals surface area contributed by atoms with Crippen LogP contribution in [0.25, 0.3) is 11.1 Å². The molecule has 0 aromatic heterocycles. The van der Waals surface area contributed by atoms with Gasteiger partial charge in [0.2, 0.25) is 0 Å². The lowest BCUT2D eigenvalue weighted by Gasteiger charge is -2.32. The Morgan fingerprint density at radius 3 is 1.49 bits per heavy atom. The molecule has 1 heterocycles. The Balaban J connectivity index is 1.42. The Hall–Kier alpha value is -3.34. The molecule has 1 aliphatic heterocycles. The Morgan fingerprint density at radius 1 is 0.538 bits per heavy atom. The number of hydrogen-bond acceptors (Lipinski definition) is 3. The van der Waals surface area contributed by atoms with Crippen LogP contribution in [0, 0.1) is 13.8 Å². The zero-order chi connectivity index (χ0) is 27.7. The molecule has 4 heteroatoms. The molecule has 1 saturated heterocycles. The summed E-state index contributed by atoms with van der Waals surface area (Å²) in [4.78, 5) is 2.36. The summed E-state index contributed by atoms with van der Waals surface area (Å²) >= 11 is 0. The normalized spacial score (nSPS) is 18.1. The van der Waals surface area contributed by atoms with Crippen molar-refractivity contribution in [3.8, 4) is 11.1 Å². The largest absolute Gasteiger partial charge is 0.494 e. The number of hydrogen-bond donors (Lipinski definition) is 0. The second-order valence-electron chi connectivity index (χ2n) is 12.8. The highest BCUT2D eigenvalue weighted by molar-refractivity contribution is 6.62. The van der Waals surface area contributed by atoms with E-state index in [1.165, 1.54) is 33.4 Å². The van der Waals surface area contributed by atoms with E-state index in [-0.39, 0.29) is 23.7 Å². The van der Waals surface area contributed by atoms with E-state index in [9.17, 15) is 0 Å². The third-order valence-electron chi connectivity index (χ3n) is 9.05. The molecular weight excluding hydrogens is 477 g/mol. The second kappa shape index (κ2) is 8.84. The molecule has 0 atom stereocenters. The summed E-state index contributed by atoms with van der Waals surface area (Å²) in [7, 11) is -0.367. The minimum Gasteiger partial charge on any atom is -0.399 e. The van der Waals surface area contributed by atoms with E-state index >= 15 is 0 Å². The van der Waals surface area contributed by atoms with E-state index in [0.717, 1.165) is 22.5 Å². The van der Waals surface area contributed by atoms with Crippen LogP contribution < -0.4 is 10.4 Å². The highest BCUT2D eigenvalue weighted by Gasteiger charge is 2.52. The minimum atomic E-state index is -0.367. The Bertz CT molecular complexity index is 1490. The molecule has 3 nitrogen and oxygen atoms in total.